The second kappa shape index (κ2) is 2.85. The molecule has 58 valence electrons. The zero-order chi connectivity index (χ0) is 7.56. The van der Waals surface area contributed by atoms with Crippen LogP contribution in [0.3, 0.4) is 0 Å². The van der Waals surface area contributed by atoms with E-state index in [1.807, 2.05) is 0 Å². The van der Waals surface area contributed by atoms with Crippen LogP contribution in [0.1, 0.15) is 0 Å². The van der Waals surface area contributed by atoms with Crippen LogP contribution in [0.25, 0.3) is 0 Å². The maximum atomic E-state index is 10.4. The molecule has 0 aliphatic carbocycles. The molecular formula is C5H9NO4. The van der Waals surface area contributed by atoms with E-state index < -0.39 is 18.2 Å². The van der Waals surface area contributed by atoms with Gasteiger partial charge in [-0.05, 0) is 0 Å². The molecule has 5 nitrogen and oxygen atoms in total. The standard InChI is InChI=1S/C5H9NO4/c7-1-3-4(2-8)10-5(9)6-3/h3-4,7-8H,1-2H2,(H,6,9)/t3-,4+/m1/s1. The van der Waals surface area contributed by atoms with Gasteiger partial charge in [-0.3, -0.25) is 0 Å². The second-order valence-electron chi connectivity index (χ2n) is 2.06. The molecule has 1 heterocycles. The smallest absolute Gasteiger partial charge is 0.407 e. The molecule has 1 aliphatic rings. The molecule has 10 heavy (non-hydrogen) atoms. The molecule has 1 saturated heterocycles. The van der Waals surface area contributed by atoms with E-state index in [0.717, 1.165) is 0 Å². The SMILES string of the molecule is O=C1N[C@H](CO)[C@H](CO)O1. The van der Waals surface area contributed by atoms with Crippen LogP contribution >= 0.6 is 0 Å². The van der Waals surface area contributed by atoms with Crippen molar-refractivity contribution in [2.45, 2.75) is 12.1 Å². The number of cyclic esters (lactones) is 1. The summed E-state index contributed by atoms with van der Waals surface area (Å²) in [6, 6.07) is -0.461. The molecule has 0 aromatic rings. The molecule has 3 N–H and O–H groups in total. The monoisotopic (exact) mass is 147 g/mol. The lowest BCUT2D eigenvalue weighted by Crippen LogP contribution is -2.36. The molecule has 0 bridgehead atoms. The number of amides is 1. The zero-order valence-electron chi connectivity index (χ0n) is 5.28. The predicted molar refractivity (Wildman–Crippen MR) is 31.4 cm³/mol. The van der Waals surface area contributed by atoms with Gasteiger partial charge in [-0.1, -0.05) is 0 Å². The summed E-state index contributed by atoms with van der Waals surface area (Å²) in [6.45, 7) is -0.471. The van der Waals surface area contributed by atoms with Gasteiger partial charge < -0.3 is 20.3 Å². The minimum absolute atomic E-state index is 0.211. The minimum Gasteiger partial charge on any atom is -0.441 e. The van der Waals surface area contributed by atoms with Gasteiger partial charge in [-0.15, -0.1) is 0 Å². The molecule has 0 aromatic carbocycles. The normalized spacial score (nSPS) is 31.6. The van der Waals surface area contributed by atoms with Gasteiger partial charge in [0, 0.05) is 0 Å². The average molecular weight is 147 g/mol. The van der Waals surface area contributed by atoms with Crippen molar-refractivity contribution >= 4 is 6.09 Å². The highest BCUT2D eigenvalue weighted by Crippen LogP contribution is 2.06. The molecule has 0 spiro atoms. The van der Waals surface area contributed by atoms with Gasteiger partial charge in [0.25, 0.3) is 0 Å². The quantitative estimate of drug-likeness (QED) is 0.441. The molecule has 1 fully saturated rings. The average Bonchev–Trinajstić information content (AvgIpc) is 2.30. The summed E-state index contributed by atoms with van der Waals surface area (Å²) in [7, 11) is 0. The van der Waals surface area contributed by atoms with Crippen LogP contribution in [0.5, 0.6) is 0 Å². The Morgan fingerprint density at radius 1 is 1.50 bits per heavy atom. The topological polar surface area (TPSA) is 78.8 Å². The summed E-state index contributed by atoms with van der Waals surface area (Å²) in [5.41, 5.74) is 0. The van der Waals surface area contributed by atoms with Crippen LogP contribution in [0, 0.1) is 0 Å². The van der Waals surface area contributed by atoms with Crippen LogP contribution in [0.15, 0.2) is 0 Å². The molecule has 1 rings (SSSR count). The lowest BCUT2D eigenvalue weighted by Gasteiger charge is -2.09. The van der Waals surface area contributed by atoms with Crippen molar-refractivity contribution in [1.29, 1.82) is 0 Å². The van der Waals surface area contributed by atoms with Crippen LogP contribution in [0.2, 0.25) is 0 Å². The van der Waals surface area contributed by atoms with Gasteiger partial charge in [0.1, 0.15) is 6.10 Å². The van der Waals surface area contributed by atoms with Crippen molar-refractivity contribution in [2.24, 2.45) is 0 Å². The first-order chi connectivity index (χ1) is 4.77. The Morgan fingerprint density at radius 2 is 2.20 bits per heavy atom. The first kappa shape index (κ1) is 7.30. The van der Waals surface area contributed by atoms with E-state index in [9.17, 15) is 4.79 Å². The maximum absolute atomic E-state index is 10.4. The lowest BCUT2D eigenvalue weighted by atomic mass is 10.2. The van der Waals surface area contributed by atoms with Gasteiger partial charge in [-0.2, -0.15) is 0 Å². The second-order valence-corrected chi connectivity index (χ2v) is 2.06. The Hall–Kier alpha value is -0.810. The van der Waals surface area contributed by atoms with Crippen molar-refractivity contribution < 1.29 is 19.7 Å². The Kier molecular flexibility index (Phi) is 2.08. The van der Waals surface area contributed by atoms with Crippen molar-refractivity contribution in [3.05, 3.63) is 0 Å². The number of aliphatic hydroxyl groups excluding tert-OH is 2. The minimum atomic E-state index is -0.600. The van der Waals surface area contributed by atoms with Crippen LogP contribution in [-0.4, -0.2) is 41.7 Å². The van der Waals surface area contributed by atoms with E-state index >= 15 is 0 Å². The predicted octanol–water partition coefficient (Wildman–Crippen LogP) is -1.55. The number of carbonyl (C=O) groups is 1. The highest BCUT2D eigenvalue weighted by molar-refractivity contribution is 5.70. The van der Waals surface area contributed by atoms with Gasteiger partial charge in [0.05, 0.1) is 19.3 Å². The highest BCUT2D eigenvalue weighted by atomic mass is 16.6. The third-order valence-corrected chi connectivity index (χ3v) is 1.39. The number of carbonyl (C=O) groups excluding carboxylic acids is 1. The Morgan fingerprint density at radius 3 is 2.60 bits per heavy atom. The molecule has 2 atom stereocenters. The zero-order valence-corrected chi connectivity index (χ0v) is 5.28. The summed E-state index contributed by atoms with van der Waals surface area (Å²) in [4.78, 5) is 10.4. The number of nitrogens with one attached hydrogen (secondary N) is 1. The van der Waals surface area contributed by atoms with Crippen LogP contribution < -0.4 is 5.32 Å². The fourth-order valence-electron chi connectivity index (χ4n) is 0.826. The highest BCUT2D eigenvalue weighted by Gasteiger charge is 2.32. The summed E-state index contributed by atoms with van der Waals surface area (Å²) < 4.78 is 4.55. The summed E-state index contributed by atoms with van der Waals surface area (Å²) >= 11 is 0. The van der Waals surface area contributed by atoms with Gasteiger partial charge in [-0.25, -0.2) is 4.79 Å². The van der Waals surface area contributed by atoms with E-state index in [4.69, 9.17) is 10.2 Å². The van der Waals surface area contributed by atoms with Crippen molar-refractivity contribution in [2.75, 3.05) is 13.2 Å². The Balaban J connectivity index is 2.48. The van der Waals surface area contributed by atoms with Crippen LogP contribution in [0.4, 0.5) is 4.79 Å². The molecular weight excluding hydrogens is 138 g/mol. The molecule has 0 saturated carbocycles. The first-order valence-corrected chi connectivity index (χ1v) is 2.96. The molecule has 1 aliphatic heterocycles. The first-order valence-electron chi connectivity index (χ1n) is 2.96. The molecule has 0 unspecified atom stereocenters. The summed E-state index contributed by atoms with van der Waals surface area (Å²) in [6.07, 6.45) is -1.18. The number of hydrogen-bond acceptors (Lipinski definition) is 4. The third-order valence-electron chi connectivity index (χ3n) is 1.39. The Labute approximate surface area is 57.6 Å². The fraction of sp³-hybridized carbons (Fsp3) is 0.800. The van der Waals surface area contributed by atoms with E-state index in [1.54, 1.807) is 0 Å². The molecule has 0 aromatic heterocycles. The van der Waals surface area contributed by atoms with E-state index in [-0.39, 0.29) is 13.2 Å². The van der Waals surface area contributed by atoms with E-state index in [0.29, 0.717) is 0 Å². The van der Waals surface area contributed by atoms with Gasteiger partial charge in [0.15, 0.2) is 0 Å². The van der Waals surface area contributed by atoms with E-state index in [2.05, 4.69) is 10.1 Å². The third kappa shape index (κ3) is 1.19. The number of rotatable bonds is 2. The number of ether oxygens (including phenoxy) is 1. The molecule has 1 amide bonds. The maximum Gasteiger partial charge on any atom is 0.407 e. The summed E-state index contributed by atoms with van der Waals surface area (Å²) in [5.74, 6) is 0. The summed E-state index contributed by atoms with van der Waals surface area (Å²) in [5, 5.41) is 19.5. The van der Waals surface area contributed by atoms with E-state index in [1.165, 1.54) is 0 Å². The molecule has 5 heteroatoms. The Bertz CT molecular complexity index is 124. The number of alkyl carbamates (subject to hydrolysis) is 1. The van der Waals surface area contributed by atoms with Gasteiger partial charge >= 0.3 is 6.09 Å². The molecule has 0 radical (unpaired) electrons. The lowest BCUT2D eigenvalue weighted by molar-refractivity contribution is 0.0711. The van der Waals surface area contributed by atoms with Crippen molar-refractivity contribution in [3.63, 3.8) is 0 Å². The largest absolute Gasteiger partial charge is 0.441 e. The van der Waals surface area contributed by atoms with Crippen molar-refractivity contribution in [3.8, 4) is 0 Å². The van der Waals surface area contributed by atoms with Crippen molar-refractivity contribution in [1.82, 2.24) is 5.32 Å². The fourth-order valence-corrected chi connectivity index (χ4v) is 0.826. The van der Waals surface area contributed by atoms with Crippen LogP contribution in [-0.2, 0) is 4.74 Å². The number of aliphatic hydroxyl groups is 2. The number of hydrogen-bond donors (Lipinski definition) is 3. The van der Waals surface area contributed by atoms with Gasteiger partial charge in [0.2, 0.25) is 0 Å².